The summed E-state index contributed by atoms with van der Waals surface area (Å²) < 4.78 is 11.5. The maximum Gasteiger partial charge on any atom is 0.369 e. The van der Waals surface area contributed by atoms with Crippen molar-refractivity contribution in [1.82, 2.24) is 0 Å². The minimum absolute atomic E-state index is 0.538. The van der Waals surface area contributed by atoms with Crippen LogP contribution >= 0.6 is 0 Å². The molecule has 0 amide bonds. The molecule has 0 spiro atoms. The smallest absolute Gasteiger partial charge is 0.369 e. The molecule has 0 aliphatic heterocycles. The van der Waals surface area contributed by atoms with E-state index in [1.54, 1.807) is 7.11 Å². The van der Waals surface area contributed by atoms with Gasteiger partial charge in [0.05, 0.1) is 0 Å². The fraction of sp³-hybridized carbons (Fsp3) is 0.500. The number of hydrogen-bond acceptors (Lipinski definition) is 2. The third kappa shape index (κ3) is 3.45. The van der Waals surface area contributed by atoms with Gasteiger partial charge in [0.15, 0.2) is 0 Å². The first-order valence-corrected chi connectivity index (χ1v) is 7.65. The van der Waals surface area contributed by atoms with Crippen LogP contribution in [0.25, 0.3) is 0 Å². The number of hydrogen-bond donors (Lipinski definition) is 0. The zero-order valence-electron chi connectivity index (χ0n) is 9.99. The molecule has 0 fully saturated rings. The van der Waals surface area contributed by atoms with Crippen molar-refractivity contribution in [3.8, 4) is 0 Å². The van der Waals surface area contributed by atoms with E-state index in [0.717, 1.165) is 6.61 Å². The van der Waals surface area contributed by atoms with Crippen molar-refractivity contribution in [3.05, 3.63) is 30.3 Å². The second kappa shape index (κ2) is 5.44. The van der Waals surface area contributed by atoms with Crippen molar-refractivity contribution < 1.29 is 8.85 Å². The highest BCUT2D eigenvalue weighted by Gasteiger charge is 2.32. The van der Waals surface area contributed by atoms with Crippen molar-refractivity contribution in [2.24, 2.45) is 5.92 Å². The monoisotopic (exact) mass is 224 g/mol. The van der Waals surface area contributed by atoms with Crippen molar-refractivity contribution in [1.29, 1.82) is 0 Å². The second-order valence-corrected chi connectivity index (χ2v) is 7.39. The van der Waals surface area contributed by atoms with Crippen LogP contribution in [0, 0.1) is 5.92 Å². The van der Waals surface area contributed by atoms with E-state index in [1.807, 2.05) is 18.2 Å². The largest absolute Gasteiger partial charge is 0.394 e. The van der Waals surface area contributed by atoms with Crippen LogP contribution in [0.3, 0.4) is 0 Å². The Morgan fingerprint density at radius 2 is 1.80 bits per heavy atom. The van der Waals surface area contributed by atoms with Crippen molar-refractivity contribution in [3.63, 3.8) is 0 Å². The first-order chi connectivity index (χ1) is 7.08. The summed E-state index contributed by atoms with van der Waals surface area (Å²) in [4.78, 5) is 0. The molecular weight excluding hydrogens is 204 g/mol. The molecule has 0 aliphatic rings. The van der Waals surface area contributed by atoms with Crippen molar-refractivity contribution in [2.75, 3.05) is 13.7 Å². The van der Waals surface area contributed by atoms with Gasteiger partial charge in [-0.15, -0.1) is 0 Å². The van der Waals surface area contributed by atoms with Gasteiger partial charge in [0.1, 0.15) is 0 Å². The van der Waals surface area contributed by atoms with E-state index in [2.05, 4.69) is 32.5 Å². The Morgan fingerprint density at radius 3 is 2.27 bits per heavy atom. The normalized spacial score (nSPS) is 15.3. The summed E-state index contributed by atoms with van der Waals surface area (Å²) in [7, 11) is -0.427. The van der Waals surface area contributed by atoms with Crippen LogP contribution in [0.5, 0.6) is 0 Å². The molecule has 0 radical (unpaired) electrons. The van der Waals surface area contributed by atoms with E-state index in [-0.39, 0.29) is 0 Å². The minimum atomic E-state index is -2.16. The van der Waals surface area contributed by atoms with Gasteiger partial charge in [-0.2, -0.15) is 0 Å². The maximum atomic E-state index is 5.94. The van der Waals surface area contributed by atoms with Crippen LogP contribution in [0.2, 0.25) is 6.55 Å². The Labute approximate surface area is 93.5 Å². The van der Waals surface area contributed by atoms with Gasteiger partial charge in [-0.3, -0.25) is 0 Å². The molecule has 84 valence electrons. The zero-order valence-corrected chi connectivity index (χ0v) is 11.0. The first kappa shape index (κ1) is 12.4. The lowest BCUT2D eigenvalue weighted by atomic mass is 10.2. The van der Waals surface area contributed by atoms with E-state index < -0.39 is 8.56 Å². The SMILES string of the molecule is CO[Si](C)(OCC(C)C)c1ccccc1. The molecule has 1 atom stereocenters. The molecule has 0 saturated carbocycles. The Hall–Kier alpha value is -0.643. The molecule has 0 bridgehead atoms. The summed E-state index contributed by atoms with van der Waals surface area (Å²) in [5.41, 5.74) is 0. The van der Waals surface area contributed by atoms with E-state index in [9.17, 15) is 0 Å². The molecule has 15 heavy (non-hydrogen) atoms. The zero-order chi connectivity index (χ0) is 11.3. The van der Waals surface area contributed by atoms with Gasteiger partial charge in [-0.05, 0) is 17.7 Å². The van der Waals surface area contributed by atoms with E-state index in [1.165, 1.54) is 5.19 Å². The molecule has 0 aromatic heterocycles. The Balaban J connectivity index is 2.76. The topological polar surface area (TPSA) is 18.5 Å². The molecule has 0 heterocycles. The summed E-state index contributed by atoms with van der Waals surface area (Å²) in [5.74, 6) is 0.538. The number of rotatable bonds is 5. The molecule has 0 saturated heterocycles. The lowest BCUT2D eigenvalue weighted by Gasteiger charge is -2.26. The highest BCUT2D eigenvalue weighted by atomic mass is 28.4. The number of benzene rings is 1. The minimum Gasteiger partial charge on any atom is -0.394 e. The van der Waals surface area contributed by atoms with Crippen LogP contribution in [-0.2, 0) is 8.85 Å². The van der Waals surface area contributed by atoms with Gasteiger partial charge in [0.2, 0.25) is 0 Å². The highest BCUT2D eigenvalue weighted by molar-refractivity contribution is 6.79. The summed E-state index contributed by atoms with van der Waals surface area (Å²) in [6.45, 7) is 7.14. The van der Waals surface area contributed by atoms with Gasteiger partial charge >= 0.3 is 8.56 Å². The third-order valence-corrected chi connectivity index (χ3v) is 5.26. The molecule has 0 N–H and O–H groups in total. The van der Waals surface area contributed by atoms with E-state index in [0.29, 0.717) is 5.92 Å². The summed E-state index contributed by atoms with van der Waals surface area (Å²) in [6.07, 6.45) is 0. The van der Waals surface area contributed by atoms with Crippen molar-refractivity contribution >= 4 is 13.7 Å². The second-order valence-electron chi connectivity index (χ2n) is 4.22. The predicted molar refractivity (Wildman–Crippen MR) is 65.5 cm³/mol. The first-order valence-electron chi connectivity index (χ1n) is 5.33. The summed E-state index contributed by atoms with van der Waals surface area (Å²) >= 11 is 0. The van der Waals surface area contributed by atoms with E-state index >= 15 is 0 Å². The van der Waals surface area contributed by atoms with Crippen LogP contribution < -0.4 is 5.19 Å². The lowest BCUT2D eigenvalue weighted by Crippen LogP contribution is -2.50. The fourth-order valence-corrected chi connectivity index (χ4v) is 3.30. The quantitative estimate of drug-likeness (QED) is 0.714. The standard InChI is InChI=1S/C12H20O2Si/c1-11(2)10-14-15(4,13-3)12-8-6-5-7-9-12/h5-9,11H,10H2,1-4H3. The van der Waals surface area contributed by atoms with Gasteiger partial charge < -0.3 is 8.85 Å². The van der Waals surface area contributed by atoms with Gasteiger partial charge in [-0.25, -0.2) is 0 Å². The Kier molecular flexibility index (Phi) is 4.51. The van der Waals surface area contributed by atoms with E-state index in [4.69, 9.17) is 8.85 Å². The van der Waals surface area contributed by atoms with Gasteiger partial charge in [-0.1, -0.05) is 44.2 Å². The maximum absolute atomic E-state index is 5.94. The summed E-state index contributed by atoms with van der Waals surface area (Å²) in [5, 5.41) is 1.19. The molecule has 1 rings (SSSR count). The molecule has 2 nitrogen and oxygen atoms in total. The van der Waals surface area contributed by atoms with Gasteiger partial charge in [0.25, 0.3) is 0 Å². The third-order valence-electron chi connectivity index (χ3n) is 2.38. The molecule has 1 aromatic rings. The molecule has 0 aliphatic carbocycles. The average molecular weight is 224 g/mol. The fourth-order valence-electron chi connectivity index (χ4n) is 1.33. The molecular formula is C12H20O2Si. The molecule has 1 unspecified atom stereocenters. The average Bonchev–Trinajstić information content (AvgIpc) is 2.27. The molecule has 3 heteroatoms. The van der Waals surface area contributed by atoms with Crippen LogP contribution in [0.1, 0.15) is 13.8 Å². The lowest BCUT2D eigenvalue weighted by molar-refractivity contribution is 0.193. The highest BCUT2D eigenvalue weighted by Crippen LogP contribution is 2.08. The Bertz CT molecular complexity index is 287. The van der Waals surface area contributed by atoms with Crippen molar-refractivity contribution in [2.45, 2.75) is 20.4 Å². The van der Waals surface area contributed by atoms with Crippen LogP contribution in [0.4, 0.5) is 0 Å². The molecule has 1 aromatic carbocycles. The Morgan fingerprint density at radius 1 is 1.20 bits per heavy atom. The summed E-state index contributed by atoms with van der Waals surface area (Å²) in [6, 6.07) is 10.2. The van der Waals surface area contributed by atoms with Gasteiger partial charge in [0, 0.05) is 13.7 Å². The predicted octanol–water partition coefficient (Wildman–Crippen LogP) is 2.28. The van der Waals surface area contributed by atoms with Crippen LogP contribution in [-0.4, -0.2) is 22.3 Å². The van der Waals surface area contributed by atoms with Crippen LogP contribution in [0.15, 0.2) is 30.3 Å².